The van der Waals surface area contributed by atoms with Gasteiger partial charge in [0.15, 0.2) is 0 Å². The summed E-state index contributed by atoms with van der Waals surface area (Å²) in [7, 11) is 1.94. The topological polar surface area (TPSA) is 50.5 Å². The highest BCUT2D eigenvalue weighted by molar-refractivity contribution is 5.11. The number of morpholine rings is 1. The molecule has 1 N–H and O–H groups in total. The second-order valence-electron chi connectivity index (χ2n) is 5.93. The summed E-state index contributed by atoms with van der Waals surface area (Å²) < 4.78 is 7.29. The maximum absolute atomic E-state index is 10.8. The molecule has 0 radical (unpaired) electrons. The van der Waals surface area contributed by atoms with Crippen LogP contribution in [0.3, 0.4) is 0 Å². The summed E-state index contributed by atoms with van der Waals surface area (Å²) in [4.78, 5) is 2.37. The largest absolute Gasteiger partial charge is 0.391 e. The Morgan fingerprint density at radius 2 is 2.10 bits per heavy atom. The van der Waals surface area contributed by atoms with Crippen LogP contribution in [0.5, 0.6) is 0 Å². The van der Waals surface area contributed by atoms with Gasteiger partial charge in [-0.25, -0.2) is 0 Å². The van der Waals surface area contributed by atoms with E-state index in [0.717, 1.165) is 44.1 Å². The minimum Gasteiger partial charge on any atom is -0.391 e. The third kappa shape index (κ3) is 3.05. The van der Waals surface area contributed by atoms with Crippen LogP contribution in [0, 0.1) is 6.92 Å². The Labute approximate surface area is 121 Å². The fraction of sp³-hybridized carbons (Fsp3) is 0.800. The van der Waals surface area contributed by atoms with E-state index in [1.807, 2.05) is 18.7 Å². The van der Waals surface area contributed by atoms with E-state index in [1.165, 1.54) is 0 Å². The van der Waals surface area contributed by atoms with Gasteiger partial charge in [-0.05, 0) is 26.3 Å². The van der Waals surface area contributed by atoms with Crippen LogP contribution < -0.4 is 0 Å². The van der Waals surface area contributed by atoms with Gasteiger partial charge in [-0.2, -0.15) is 5.10 Å². The maximum Gasteiger partial charge on any atom is 0.0776 e. The monoisotopic (exact) mass is 281 g/mol. The summed E-state index contributed by atoms with van der Waals surface area (Å²) >= 11 is 0. The Bertz CT molecular complexity index is 440. The normalized spacial score (nSPS) is 21.6. The molecule has 114 valence electrons. The average molecular weight is 281 g/mol. The zero-order valence-corrected chi connectivity index (χ0v) is 13.1. The smallest absolute Gasteiger partial charge is 0.0776 e. The summed E-state index contributed by atoms with van der Waals surface area (Å²) in [5, 5.41) is 15.1. The van der Waals surface area contributed by atoms with E-state index in [4.69, 9.17) is 4.74 Å². The zero-order valence-electron chi connectivity index (χ0n) is 13.1. The highest BCUT2D eigenvalue weighted by Crippen LogP contribution is 2.27. The first-order valence-corrected chi connectivity index (χ1v) is 7.47. The molecule has 5 heteroatoms. The molecule has 2 unspecified atom stereocenters. The van der Waals surface area contributed by atoms with Crippen LogP contribution in [0.1, 0.15) is 31.7 Å². The molecule has 0 saturated carbocycles. The molecule has 1 fully saturated rings. The highest BCUT2D eigenvalue weighted by Gasteiger charge is 2.38. The fourth-order valence-electron chi connectivity index (χ4n) is 3.02. The molecular formula is C15H27N3O2. The molecule has 2 heterocycles. The zero-order chi connectivity index (χ0) is 14.8. The Balaban J connectivity index is 2.11. The van der Waals surface area contributed by atoms with Crippen molar-refractivity contribution >= 4 is 0 Å². The van der Waals surface area contributed by atoms with Gasteiger partial charge in [-0.1, -0.05) is 6.92 Å². The third-order valence-electron chi connectivity index (χ3n) is 4.67. The van der Waals surface area contributed by atoms with Gasteiger partial charge in [0.2, 0.25) is 0 Å². The summed E-state index contributed by atoms with van der Waals surface area (Å²) in [6, 6.07) is 2.05. The number of aromatic nitrogens is 2. The van der Waals surface area contributed by atoms with E-state index in [1.54, 1.807) is 0 Å². The number of aryl methyl sites for hydroxylation is 2. The third-order valence-corrected chi connectivity index (χ3v) is 4.67. The highest BCUT2D eigenvalue weighted by atomic mass is 16.5. The molecule has 5 nitrogen and oxygen atoms in total. The second kappa shape index (κ2) is 6.24. The van der Waals surface area contributed by atoms with Gasteiger partial charge in [0.05, 0.1) is 25.0 Å². The number of nitrogens with zero attached hydrogens (tertiary/aromatic N) is 3. The van der Waals surface area contributed by atoms with Crippen LogP contribution in [0.2, 0.25) is 0 Å². The maximum atomic E-state index is 10.8. The standard InChI is InChI=1S/C15H27N3O2/c1-5-15(3,18-6-8-20-9-7-18)14(19)11-13-10-12(2)16-17(13)4/h10,14,19H,5-9,11H2,1-4H3. The van der Waals surface area contributed by atoms with Crippen molar-refractivity contribution in [3.63, 3.8) is 0 Å². The summed E-state index contributed by atoms with van der Waals surface area (Å²) in [6.45, 7) is 9.59. The van der Waals surface area contributed by atoms with Crippen LogP contribution in [0.4, 0.5) is 0 Å². The van der Waals surface area contributed by atoms with Gasteiger partial charge in [-0.15, -0.1) is 0 Å². The Kier molecular flexibility index (Phi) is 4.83. The van der Waals surface area contributed by atoms with Gasteiger partial charge in [-0.3, -0.25) is 9.58 Å². The van der Waals surface area contributed by atoms with Crippen molar-refractivity contribution in [3.8, 4) is 0 Å². The van der Waals surface area contributed by atoms with Crippen molar-refractivity contribution in [2.45, 2.75) is 45.3 Å². The lowest BCUT2D eigenvalue weighted by atomic mass is 9.86. The van der Waals surface area contributed by atoms with Crippen LogP contribution in [-0.4, -0.2) is 57.7 Å². The van der Waals surface area contributed by atoms with Crippen molar-refractivity contribution < 1.29 is 9.84 Å². The molecule has 20 heavy (non-hydrogen) atoms. The van der Waals surface area contributed by atoms with Gasteiger partial charge >= 0.3 is 0 Å². The van der Waals surface area contributed by atoms with Crippen molar-refractivity contribution in [3.05, 3.63) is 17.5 Å². The van der Waals surface area contributed by atoms with E-state index >= 15 is 0 Å². The van der Waals surface area contributed by atoms with E-state index in [2.05, 4.69) is 29.9 Å². The number of aliphatic hydroxyl groups is 1. The van der Waals surface area contributed by atoms with Crippen LogP contribution in [0.15, 0.2) is 6.07 Å². The van der Waals surface area contributed by atoms with Crippen molar-refractivity contribution in [2.24, 2.45) is 7.05 Å². The first-order valence-electron chi connectivity index (χ1n) is 7.47. The van der Waals surface area contributed by atoms with Crippen LogP contribution in [0.25, 0.3) is 0 Å². The molecule has 2 atom stereocenters. The molecule has 0 aromatic carbocycles. The molecule has 0 bridgehead atoms. The van der Waals surface area contributed by atoms with Gasteiger partial charge < -0.3 is 9.84 Å². The molecule has 0 spiro atoms. The second-order valence-corrected chi connectivity index (χ2v) is 5.93. The lowest BCUT2D eigenvalue weighted by Crippen LogP contribution is -2.58. The molecule has 1 aliphatic rings. The number of rotatable bonds is 5. The quantitative estimate of drug-likeness (QED) is 0.879. The summed E-state index contributed by atoms with van der Waals surface area (Å²) in [6.07, 6.45) is 1.16. The predicted molar refractivity (Wildman–Crippen MR) is 78.7 cm³/mol. The number of aliphatic hydroxyl groups excluding tert-OH is 1. The number of ether oxygens (including phenoxy) is 1. The minimum atomic E-state index is -0.402. The first kappa shape index (κ1) is 15.5. The molecule has 1 aromatic rings. The lowest BCUT2D eigenvalue weighted by Gasteiger charge is -2.45. The van der Waals surface area contributed by atoms with E-state index in [9.17, 15) is 5.11 Å². The number of hydrogen-bond donors (Lipinski definition) is 1. The fourth-order valence-corrected chi connectivity index (χ4v) is 3.02. The SMILES string of the molecule is CCC(C)(C(O)Cc1cc(C)nn1C)N1CCOCC1. The van der Waals surface area contributed by atoms with E-state index < -0.39 is 6.10 Å². The van der Waals surface area contributed by atoms with Gasteiger partial charge in [0, 0.05) is 37.8 Å². The molecule has 1 saturated heterocycles. The number of hydrogen-bond acceptors (Lipinski definition) is 4. The van der Waals surface area contributed by atoms with E-state index in [-0.39, 0.29) is 5.54 Å². The van der Waals surface area contributed by atoms with Crippen molar-refractivity contribution in [2.75, 3.05) is 26.3 Å². The Morgan fingerprint density at radius 3 is 2.60 bits per heavy atom. The van der Waals surface area contributed by atoms with Crippen molar-refractivity contribution in [1.82, 2.24) is 14.7 Å². The van der Waals surface area contributed by atoms with Crippen LogP contribution >= 0.6 is 0 Å². The average Bonchev–Trinajstić information content (AvgIpc) is 2.76. The van der Waals surface area contributed by atoms with E-state index in [0.29, 0.717) is 6.42 Å². The molecule has 0 aliphatic carbocycles. The Morgan fingerprint density at radius 1 is 1.45 bits per heavy atom. The van der Waals surface area contributed by atoms with Crippen molar-refractivity contribution in [1.29, 1.82) is 0 Å². The van der Waals surface area contributed by atoms with Gasteiger partial charge in [0.25, 0.3) is 0 Å². The summed E-state index contributed by atoms with van der Waals surface area (Å²) in [5.41, 5.74) is 1.88. The first-order chi connectivity index (χ1) is 9.47. The van der Waals surface area contributed by atoms with Gasteiger partial charge in [0.1, 0.15) is 0 Å². The molecule has 1 aliphatic heterocycles. The Hall–Kier alpha value is -0.910. The minimum absolute atomic E-state index is 0.206. The predicted octanol–water partition coefficient (Wildman–Crippen LogP) is 1.13. The molecule has 2 rings (SSSR count). The van der Waals surface area contributed by atoms with Crippen LogP contribution in [-0.2, 0) is 18.2 Å². The lowest BCUT2D eigenvalue weighted by molar-refractivity contribution is -0.0718. The molecule has 0 amide bonds. The molecule has 1 aromatic heterocycles. The summed E-state index contributed by atoms with van der Waals surface area (Å²) in [5.74, 6) is 0. The molecular weight excluding hydrogens is 254 g/mol.